The van der Waals surface area contributed by atoms with Crippen molar-refractivity contribution in [2.45, 2.75) is 39.8 Å². The fourth-order valence-corrected chi connectivity index (χ4v) is 2.60. The first-order chi connectivity index (χ1) is 11.7. The second-order valence-corrected chi connectivity index (χ2v) is 6.20. The third-order valence-electron chi connectivity index (χ3n) is 3.79. The van der Waals surface area contributed by atoms with Gasteiger partial charge in [0.25, 0.3) is 11.6 Å². The van der Waals surface area contributed by atoms with E-state index >= 15 is 0 Å². The lowest BCUT2D eigenvalue weighted by molar-refractivity contribution is -0.384. The Morgan fingerprint density at radius 1 is 1.16 bits per heavy atom. The van der Waals surface area contributed by atoms with E-state index in [0.717, 1.165) is 12.1 Å². The van der Waals surface area contributed by atoms with E-state index in [2.05, 4.69) is 42.6 Å². The summed E-state index contributed by atoms with van der Waals surface area (Å²) in [4.78, 5) is 36.5. The van der Waals surface area contributed by atoms with Crippen LogP contribution >= 0.6 is 0 Å². The van der Waals surface area contributed by atoms with Crippen LogP contribution in [-0.4, -0.2) is 54.0 Å². The lowest BCUT2D eigenvalue weighted by Crippen LogP contribution is -2.42. The molecular weight excluding hydrogens is 326 g/mol. The topological polar surface area (TPSA) is 102 Å². The molecule has 1 aromatic rings. The number of hydrogen-bond donors (Lipinski definition) is 1. The molecule has 1 amide bonds. The number of ether oxygens (including phenoxy) is 1. The number of methoxy groups -OCH3 is 1. The van der Waals surface area contributed by atoms with Gasteiger partial charge in [0.1, 0.15) is 0 Å². The number of carbonyl (C=O) groups excluding carboxylic acids is 2. The molecule has 0 bridgehead atoms. The summed E-state index contributed by atoms with van der Waals surface area (Å²) in [7, 11) is 1.17. The summed E-state index contributed by atoms with van der Waals surface area (Å²) in [6.07, 6.45) is 0. The fourth-order valence-electron chi connectivity index (χ4n) is 2.60. The smallest absolute Gasteiger partial charge is 0.338 e. The zero-order valence-electron chi connectivity index (χ0n) is 15.2. The largest absolute Gasteiger partial charge is 0.465 e. The Balaban J connectivity index is 2.88. The SMILES string of the molecule is COC(=O)c1cc(C(=O)NCCN(C(C)C)C(C)C)cc([N+](=O)[O-])c1. The Labute approximate surface area is 147 Å². The van der Waals surface area contributed by atoms with Gasteiger partial charge in [-0.2, -0.15) is 0 Å². The first-order valence-electron chi connectivity index (χ1n) is 8.09. The van der Waals surface area contributed by atoms with E-state index in [-0.39, 0.29) is 16.8 Å². The summed E-state index contributed by atoms with van der Waals surface area (Å²) >= 11 is 0. The van der Waals surface area contributed by atoms with Crippen molar-refractivity contribution in [3.05, 3.63) is 39.4 Å². The standard InChI is InChI=1S/C17H25N3O5/c1-11(2)19(12(3)4)7-6-18-16(21)13-8-14(17(22)25-5)10-15(9-13)20(23)24/h8-12H,6-7H2,1-5H3,(H,18,21). The van der Waals surface area contributed by atoms with Crippen molar-refractivity contribution in [3.63, 3.8) is 0 Å². The van der Waals surface area contributed by atoms with Gasteiger partial charge < -0.3 is 10.1 Å². The zero-order valence-corrected chi connectivity index (χ0v) is 15.2. The van der Waals surface area contributed by atoms with Gasteiger partial charge in [-0.3, -0.25) is 19.8 Å². The fraction of sp³-hybridized carbons (Fsp3) is 0.529. The number of non-ortho nitro benzene ring substituents is 1. The first kappa shape index (κ1) is 20.6. The average molecular weight is 351 g/mol. The highest BCUT2D eigenvalue weighted by Gasteiger charge is 2.19. The molecule has 1 N–H and O–H groups in total. The molecule has 0 atom stereocenters. The highest BCUT2D eigenvalue weighted by atomic mass is 16.6. The van der Waals surface area contributed by atoms with Crippen molar-refractivity contribution >= 4 is 17.6 Å². The normalized spacial score (nSPS) is 11.0. The van der Waals surface area contributed by atoms with Gasteiger partial charge in [-0.1, -0.05) is 0 Å². The van der Waals surface area contributed by atoms with Crippen LogP contribution in [0.3, 0.4) is 0 Å². The van der Waals surface area contributed by atoms with Crippen LogP contribution in [0.1, 0.15) is 48.4 Å². The van der Waals surface area contributed by atoms with Gasteiger partial charge in [0.2, 0.25) is 0 Å². The number of amides is 1. The summed E-state index contributed by atoms with van der Waals surface area (Å²) in [5.74, 6) is -1.20. The van der Waals surface area contributed by atoms with Crippen molar-refractivity contribution in [3.8, 4) is 0 Å². The molecule has 25 heavy (non-hydrogen) atoms. The van der Waals surface area contributed by atoms with E-state index in [1.54, 1.807) is 0 Å². The molecule has 0 saturated carbocycles. The highest BCUT2D eigenvalue weighted by molar-refractivity contribution is 5.98. The molecule has 0 unspecified atom stereocenters. The molecule has 8 heteroatoms. The molecule has 0 spiro atoms. The molecule has 0 aliphatic heterocycles. The lowest BCUT2D eigenvalue weighted by Gasteiger charge is -2.30. The summed E-state index contributed by atoms with van der Waals surface area (Å²) in [5, 5.41) is 13.7. The molecule has 0 aliphatic carbocycles. The van der Waals surface area contributed by atoms with Gasteiger partial charge in [-0.05, 0) is 33.8 Å². The molecule has 0 aliphatic rings. The second kappa shape index (κ2) is 9.12. The molecule has 1 aromatic carbocycles. The molecule has 0 radical (unpaired) electrons. The Morgan fingerprint density at radius 3 is 2.20 bits per heavy atom. The molecule has 0 heterocycles. The predicted molar refractivity (Wildman–Crippen MR) is 93.7 cm³/mol. The van der Waals surface area contributed by atoms with E-state index in [1.807, 2.05) is 0 Å². The zero-order chi connectivity index (χ0) is 19.1. The number of nitro benzene ring substituents is 1. The van der Waals surface area contributed by atoms with Gasteiger partial charge in [0.05, 0.1) is 17.6 Å². The van der Waals surface area contributed by atoms with Crippen LogP contribution in [0.15, 0.2) is 18.2 Å². The van der Waals surface area contributed by atoms with Gasteiger partial charge in [-0.25, -0.2) is 4.79 Å². The summed E-state index contributed by atoms with van der Waals surface area (Å²) < 4.78 is 4.57. The van der Waals surface area contributed by atoms with Gasteiger partial charge in [0, 0.05) is 42.9 Å². The van der Waals surface area contributed by atoms with Crippen LogP contribution in [-0.2, 0) is 4.74 Å². The summed E-state index contributed by atoms with van der Waals surface area (Å²) in [6.45, 7) is 9.34. The number of nitrogens with one attached hydrogen (secondary N) is 1. The van der Waals surface area contributed by atoms with E-state index in [9.17, 15) is 19.7 Å². The van der Waals surface area contributed by atoms with E-state index in [1.165, 1.54) is 13.2 Å². The van der Waals surface area contributed by atoms with Crippen molar-refractivity contribution in [1.29, 1.82) is 0 Å². The van der Waals surface area contributed by atoms with E-state index in [0.29, 0.717) is 25.2 Å². The quantitative estimate of drug-likeness (QED) is 0.438. The van der Waals surface area contributed by atoms with Gasteiger partial charge >= 0.3 is 5.97 Å². The number of benzene rings is 1. The Hall–Kier alpha value is -2.48. The molecule has 8 nitrogen and oxygen atoms in total. The van der Waals surface area contributed by atoms with Crippen molar-refractivity contribution in [1.82, 2.24) is 10.2 Å². The number of hydrogen-bond acceptors (Lipinski definition) is 6. The maximum Gasteiger partial charge on any atom is 0.338 e. The minimum atomic E-state index is -0.733. The predicted octanol–water partition coefficient (Wildman–Crippen LogP) is 2.23. The number of nitrogens with zero attached hydrogens (tertiary/aromatic N) is 2. The van der Waals surface area contributed by atoms with Crippen LogP contribution in [0.4, 0.5) is 5.69 Å². The van der Waals surface area contributed by atoms with Gasteiger partial charge in [0.15, 0.2) is 0 Å². The van der Waals surface area contributed by atoms with Crippen molar-refractivity contribution in [2.75, 3.05) is 20.2 Å². The summed E-state index contributed by atoms with van der Waals surface area (Å²) in [6, 6.07) is 4.18. The van der Waals surface area contributed by atoms with Crippen molar-refractivity contribution < 1.29 is 19.2 Å². The third-order valence-corrected chi connectivity index (χ3v) is 3.79. The van der Waals surface area contributed by atoms with Crippen LogP contribution in [0.2, 0.25) is 0 Å². The number of rotatable bonds is 8. The first-order valence-corrected chi connectivity index (χ1v) is 8.09. The Kier molecular flexibility index (Phi) is 7.50. The van der Waals surface area contributed by atoms with Crippen LogP contribution < -0.4 is 5.32 Å². The number of nitro groups is 1. The monoisotopic (exact) mass is 351 g/mol. The molecule has 0 fully saturated rings. The molecule has 138 valence electrons. The minimum Gasteiger partial charge on any atom is -0.465 e. The maximum absolute atomic E-state index is 12.3. The van der Waals surface area contributed by atoms with E-state index < -0.39 is 16.8 Å². The number of esters is 1. The third kappa shape index (κ3) is 5.82. The van der Waals surface area contributed by atoms with Crippen LogP contribution in [0.5, 0.6) is 0 Å². The van der Waals surface area contributed by atoms with E-state index in [4.69, 9.17) is 0 Å². The number of carbonyl (C=O) groups is 2. The Bertz CT molecular complexity index is 635. The molecule has 0 saturated heterocycles. The second-order valence-electron chi connectivity index (χ2n) is 6.20. The molecule has 1 rings (SSSR count). The Morgan fingerprint density at radius 2 is 1.72 bits per heavy atom. The lowest BCUT2D eigenvalue weighted by atomic mass is 10.1. The van der Waals surface area contributed by atoms with Crippen LogP contribution in [0, 0.1) is 10.1 Å². The summed E-state index contributed by atoms with van der Waals surface area (Å²) in [5.41, 5.74) is -0.317. The van der Waals surface area contributed by atoms with Gasteiger partial charge in [-0.15, -0.1) is 0 Å². The van der Waals surface area contributed by atoms with Crippen molar-refractivity contribution in [2.24, 2.45) is 0 Å². The maximum atomic E-state index is 12.3. The van der Waals surface area contributed by atoms with Crippen LogP contribution in [0.25, 0.3) is 0 Å². The average Bonchev–Trinajstić information content (AvgIpc) is 2.56. The molecule has 0 aromatic heterocycles. The molecular formula is C17H25N3O5. The minimum absolute atomic E-state index is 0.0344. The highest BCUT2D eigenvalue weighted by Crippen LogP contribution is 2.18.